The third-order valence-electron chi connectivity index (χ3n) is 6.37. The molecule has 3 aromatic carbocycles. The number of benzene rings is 3. The molecular formula is C29H37NO5S. The van der Waals surface area contributed by atoms with Crippen LogP contribution in [0.15, 0.2) is 71.6 Å². The van der Waals surface area contributed by atoms with Gasteiger partial charge in [0.2, 0.25) is 6.79 Å². The number of thiol groups is 1. The molecule has 0 radical (unpaired) electrons. The zero-order valence-corrected chi connectivity index (χ0v) is 22.1. The summed E-state index contributed by atoms with van der Waals surface area (Å²) in [6.45, 7) is 3.64. The molecule has 4 N–H and O–H groups in total. The standard InChI is InChI=1S/C24H20O3S.C5H13N.2H2O/c25-23(24(10-11-24)19-6-9-21-22(14-19)27-15-26-21)13-16-2-1-3-18(12-16)17-4-7-20(28)8-5-17;1-4-5-6(2)3;;/h1-9,12,14,28H,10-11,13,15H2;4-5H2,1-3H3;2*1H2. The highest BCUT2D eigenvalue weighted by Gasteiger charge is 2.50. The van der Waals surface area contributed by atoms with E-state index in [-0.39, 0.29) is 28.9 Å². The van der Waals surface area contributed by atoms with Gasteiger partial charge in [-0.15, -0.1) is 12.6 Å². The first-order valence-corrected chi connectivity index (χ1v) is 12.3. The molecule has 1 heterocycles. The molecule has 0 saturated heterocycles. The maximum Gasteiger partial charge on any atom is 0.231 e. The number of rotatable bonds is 7. The molecule has 0 aromatic heterocycles. The van der Waals surface area contributed by atoms with E-state index >= 15 is 0 Å². The summed E-state index contributed by atoms with van der Waals surface area (Å²) in [4.78, 5) is 16.3. The normalized spacial score (nSPS) is 14.1. The first-order chi connectivity index (χ1) is 16.4. The van der Waals surface area contributed by atoms with Crippen LogP contribution in [0.4, 0.5) is 0 Å². The Morgan fingerprint density at radius 2 is 1.61 bits per heavy atom. The Morgan fingerprint density at radius 3 is 2.22 bits per heavy atom. The van der Waals surface area contributed by atoms with Crippen LogP contribution in [0.25, 0.3) is 11.1 Å². The summed E-state index contributed by atoms with van der Waals surface area (Å²) in [6, 6.07) is 22.2. The van der Waals surface area contributed by atoms with Crippen molar-refractivity contribution < 1.29 is 25.2 Å². The quantitative estimate of drug-likeness (QED) is 0.471. The number of ether oxygens (including phenoxy) is 2. The molecule has 0 amide bonds. The van der Waals surface area contributed by atoms with Crippen molar-refractivity contribution in [3.63, 3.8) is 0 Å². The molecule has 1 fully saturated rings. The Labute approximate surface area is 219 Å². The topological polar surface area (TPSA) is 102 Å². The fourth-order valence-corrected chi connectivity index (χ4v) is 4.51. The molecule has 0 unspecified atom stereocenters. The molecule has 1 aliphatic carbocycles. The largest absolute Gasteiger partial charge is 0.454 e. The van der Waals surface area contributed by atoms with Crippen molar-refractivity contribution in [3.05, 3.63) is 77.9 Å². The molecule has 1 aliphatic heterocycles. The monoisotopic (exact) mass is 511 g/mol. The Balaban J connectivity index is 0.000000514. The van der Waals surface area contributed by atoms with Crippen LogP contribution in [0.3, 0.4) is 0 Å². The van der Waals surface area contributed by atoms with Crippen molar-refractivity contribution in [2.75, 3.05) is 27.4 Å². The number of carbonyl (C=O) groups is 1. The highest BCUT2D eigenvalue weighted by molar-refractivity contribution is 7.80. The van der Waals surface area contributed by atoms with E-state index in [9.17, 15) is 4.79 Å². The number of ketones is 1. The molecule has 0 spiro atoms. The SMILES string of the molecule is CCCN(C)C.O.O.O=C(Cc1cccc(-c2ccc(S)cc2)c1)C1(c2ccc3c(c2)OCO3)CC1. The van der Waals surface area contributed by atoms with Crippen molar-refractivity contribution in [2.24, 2.45) is 0 Å². The Kier molecular flexibility index (Phi) is 10.5. The fraction of sp³-hybridized carbons (Fsp3) is 0.345. The van der Waals surface area contributed by atoms with Crippen molar-refractivity contribution in [2.45, 2.75) is 42.9 Å². The van der Waals surface area contributed by atoms with Crippen molar-refractivity contribution in [1.82, 2.24) is 4.90 Å². The predicted octanol–water partition coefficient (Wildman–Crippen LogP) is 4.52. The van der Waals surface area contributed by atoms with Crippen LogP contribution >= 0.6 is 12.6 Å². The van der Waals surface area contributed by atoms with Gasteiger partial charge in [-0.3, -0.25) is 4.79 Å². The number of Topliss-reactive ketones (excluding diaryl/α,β-unsaturated/α-hetero) is 1. The molecule has 3 aromatic rings. The zero-order chi connectivity index (χ0) is 24.1. The second-order valence-corrected chi connectivity index (χ2v) is 9.82. The minimum atomic E-state index is -0.370. The minimum Gasteiger partial charge on any atom is -0.454 e. The average molecular weight is 512 g/mol. The Bertz CT molecular complexity index is 1140. The van der Waals surface area contributed by atoms with Gasteiger partial charge in [0.25, 0.3) is 0 Å². The van der Waals surface area contributed by atoms with Gasteiger partial charge < -0.3 is 25.3 Å². The van der Waals surface area contributed by atoms with Crippen LogP contribution in [0, 0.1) is 0 Å². The van der Waals surface area contributed by atoms with Gasteiger partial charge in [-0.1, -0.05) is 49.4 Å². The Morgan fingerprint density at radius 1 is 0.917 bits per heavy atom. The van der Waals surface area contributed by atoms with Crippen molar-refractivity contribution in [1.29, 1.82) is 0 Å². The second-order valence-electron chi connectivity index (χ2n) is 9.30. The number of fused-ring (bicyclic) bond motifs is 1. The van der Waals surface area contributed by atoms with Gasteiger partial charge in [0.15, 0.2) is 11.5 Å². The highest BCUT2D eigenvalue weighted by Crippen LogP contribution is 2.51. The van der Waals surface area contributed by atoms with Crippen molar-refractivity contribution in [3.8, 4) is 22.6 Å². The summed E-state index contributed by atoms with van der Waals surface area (Å²) in [5.74, 6) is 1.77. The van der Waals surface area contributed by atoms with E-state index in [1.165, 1.54) is 13.0 Å². The molecule has 2 aliphatic rings. The highest BCUT2D eigenvalue weighted by atomic mass is 32.1. The third-order valence-corrected chi connectivity index (χ3v) is 6.67. The number of hydrogen-bond acceptors (Lipinski definition) is 5. The van der Waals surface area contributed by atoms with Gasteiger partial charge >= 0.3 is 0 Å². The summed E-state index contributed by atoms with van der Waals surface area (Å²) >= 11 is 4.35. The van der Waals surface area contributed by atoms with E-state index in [1.807, 2.05) is 42.5 Å². The van der Waals surface area contributed by atoms with Crippen LogP contribution < -0.4 is 9.47 Å². The van der Waals surface area contributed by atoms with Gasteiger partial charge in [-0.25, -0.2) is 0 Å². The fourth-order valence-electron chi connectivity index (χ4n) is 4.36. The number of carbonyl (C=O) groups excluding carboxylic acids is 1. The van der Waals surface area contributed by atoms with Gasteiger partial charge in [-0.05, 0) is 86.4 Å². The van der Waals surface area contributed by atoms with Crippen LogP contribution in [0.1, 0.15) is 37.3 Å². The molecular weight excluding hydrogens is 474 g/mol. The lowest BCUT2D eigenvalue weighted by atomic mass is 9.87. The first-order valence-electron chi connectivity index (χ1n) is 11.9. The van der Waals surface area contributed by atoms with E-state index in [0.29, 0.717) is 6.42 Å². The van der Waals surface area contributed by atoms with E-state index < -0.39 is 0 Å². The summed E-state index contributed by atoms with van der Waals surface area (Å²) in [6.07, 6.45) is 3.49. The van der Waals surface area contributed by atoms with E-state index in [0.717, 1.165) is 51.5 Å². The smallest absolute Gasteiger partial charge is 0.231 e. The molecule has 194 valence electrons. The minimum absolute atomic E-state index is 0. The summed E-state index contributed by atoms with van der Waals surface area (Å²) < 4.78 is 10.9. The molecule has 0 atom stereocenters. The van der Waals surface area contributed by atoms with Crippen LogP contribution in [0.5, 0.6) is 11.5 Å². The number of hydrogen-bond donors (Lipinski definition) is 1. The molecule has 1 saturated carbocycles. The molecule has 5 rings (SSSR count). The summed E-state index contributed by atoms with van der Waals surface area (Å²) in [5, 5.41) is 0. The van der Waals surface area contributed by atoms with Gasteiger partial charge in [0, 0.05) is 11.3 Å². The zero-order valence-electron chi connectivity index (χ0n) is 21.2. The van der Waals surface area contributed by atoms with Gasteiger partial charge in [-0.2, -0.15) is 0 Å². The van der Waals surface area contributed by atoms with Crippen LogP contribution in [-0.2, 0) is 16.6 Å². The third kappa shape index (κ3) is 6.89. The molecule has 36 heavy (non-hydrogen) atoms. The predicted molar refractivity (Wildman–Crippen MR) is 147 cm³/mol. The Hall–Kier alpha value is -2.84. The lowest BCUT2D eigenvalue weighted by molar-refractivity contribution is -0.120. The molecule has 7 heteroatoms. The van der Waals surface area contributed by atoms with E-state index in [1.54, 1.807) is 0 Å². The van der Waals surface area contributed by atoms with Crippen LogP contribution in [0.2, 0.25) is 0 Å². The average Bonchev–Trinajstić information content (AvgIpc) is 3.51. The maximum atomic E-state index is 13.2. The van der Waals surface area contributed by atoms with Gasteiger partial charge in [0.1, 0.15) is 5.78 Å². The number of nitrogens with zero attached hydrogens (tertiary/aromatic N) is 1. The van der Waals surface area contributed by atoms with E-state index in [2.05, 4.69) is 62.8 Å². The lowest BCUT2D eigenvalue weighted by Crippen LogP contribution is -2.22. The maximum absolute atomic E-state index is 13.2. The first kappa shape index (κ1) is 29.4. The van der Waals surface area contributed by atoms with Crippen LogP contribution in [-0.4, -0.2) is 49.1 Å². The lowest BCUT2D eigenvalue weighted by Gasteiger charge is -2.15. The summed E-state index contributed by atoms with van der Waals surface area (Å²) in [5.41, 5.74) is 3.97. The van der Waals surface area contributed by atoms with Gasteiger partial charge in [0.05, 0.1) is 5.41 Å². The second kappa shape index (κ2) is 12.9. The summed E-state index contributed by atoms with van der Waals surface area (Å²) in [7, 11) is 4.17. The van der Waals surface area contributed by atoms with E-state index in [4.69, 9.17) is 9.47 Å². The molecule has 0 bridgehead atoms. The molecule has 6 nitrogen and oxygen atoms in total. The van der Waals surface area contributed by atoms with Crippen molar-refractivity contribution >= 4 is 18.4 Å².